The molecule has 1 saturated carbocycles. The molecule has 1 aliphatic rings. The first-order valence-electron chi connectivity index (χ1n) is 14.1. The molecule has 0 aliphatic heterocycles. The van der Waals surface area contributed by atoms with Gasteiger partial charge in [0.1, 0.15) is 5.75 Å². The highest BCUT2D eigenvalue weighted by atomic mass is 16.5. The Morgan fingerprint density at radius 1 is 0.676 bits per heavy atom. The molecule has 2 aromatic carbocycles. The maximum absolute atomic E-state index is 5.90. The fourth-order valence-electron chi connectivity index (χ4n) is 5.03. The van der Waals surface area contributed by atoms with Gasteiger partial charge in [-0.05, 0) is 73.4 Å². The number of hydrogen-bond acceptors (Lipinski definition) is 1. The van der Waals surface area contributed by atoms with Crippen molar-refractivity contribution in [3.8, 4) is 28.7 Å². The maximum atomic E-state index is 5.90. The molecule has 0 spiro atoms. The average molecular weight is 459 g/mol. The van der Waals surface area contributed by atoms with E-state index in [9.17, 15) is 0 Å². The number of hydrogen-bond donors (Lipinski definition) is 0. The summed E-state index contributed by atoms with van der Waals surface area (Å²) in [7, 11) is 0. The van der Waals surface area contributed by atoms with Crippen molar-refractivity contribution in [2.75, 3.05) is 6.61 Å². The van der Waals surface area contributed by atoms with Crippen LogP contribution in [0.1, 0.15) is 109 Å². The first kappa shape index (κ1) is 26.4. The molecule has 0 unspecified atom stereocenters. The van der Waals surface area contributed by atoms with E-state index in [0.717, 1.165) is 30.3 Å². The van der Waals surface area contributed by atoms with Crippen LogP contribution in [0.3, 0.4) is 0 Å². The van der Waals surface area contributed by atoms with Crippen molar-refractivity contribution in [1.29, 1.82) is 0 Å². The third-order valence-electron chi connectivity index (χ3n) is 7.32. The van der Waals surface area contributed by atoms with E-state index in [1.807, 2.05) is 0 Å². The second-order valence-corrected chi connectivity index (χ2v) is 10.2. The average Bonchev–Trinajstić information content (AvgIpc) is 2.89. The van der Waals surface area contributed by atoms with E-state index in [1.54, 1.807) is 0 Å². The van der Waals surface area contributed by atoms with Gasteiger partial charge in [0.15, 0.2) is 0 Å². The van der Waals surface area contributed by atoms with Crippen LogP contribution in [0.2, 0.25) is 0 Å². The van der Waals surface area contributed by atoms with Crippen molar-refractivity contribution in [3.63, 3.8) is 0 Å². The highest BCUT2D eigenvalue weighted by Crippen LogP contribution is 2.32. The topological polar surface area (TPSA) is 9.23 Å². The Bertz CT molecular complexity index is 844. The molecule has 1 heteroatoms. The van der Waals surface area contributed by atoms with Gasteiger partial charge in [0.2, 0.25) is 0 Å². The first-order valence-corrected chi connectivity index (χ1v) is 14.1. The number of ether oxygens (including phenoxy) is 1. The van der Waals surface area contributed by atoms with Crippen LogP contribution in [0.4, 0.5) is 0 Å². The van der Waals surface area contributed by atoms with Crippen molar-refractivity contribution in [2.45, 2.75) is 104 Å². The van der Waals surface area contributed by atoms with Gasteiger partial charge >= 0.3 is 0 Å². The quantitative estimate of drug-likeness (QED) is 0.214. The lowest BCUT2D eigenvalue weighted by Gasteiger charge is -2.25. The molecule has 0 radical (unpaired) electrons. The highest BCUT2D eigenvalue weighted by molar-refractivity contribution is 5.65. The molecule has 34 heavy (non-hydrogen) atoms. The Morgan fingerprint density at radius 3 is 1.91 bits per heavy atom. The van der Waals surface area contributed by atoms with Crippen LogP contribution < -0.4 is 4.74 Å². The van der Waals surface area contributed by atoms with Gasteiger partial charge in [-0.15, -0.1) is 0 Å². The molecule has 0 bridgehead atoms. The molecule has 184 valence electrons. The fourth-order valence-corrected chi connectivity index (χ4v) is 5.03. The Balaban J connectivity index is 1.40. The van der Waals surface area contributed by atoms with Crippen molar-refractivity contribution >= 4 is 0 Å². The Hall–Kier alpha value is -2.20. The van der Waals surface area contributed by atoms with Gasteiger partial charge in [0.05, 0.1) is 6.61 Å². The second kappa shape index (κ2) is 15.7. The summed E-state index contributed by atoms with van der Waals surface area (Å²) in [4.78, 5) is 0. The molecule has 1 aliphatic carbocycles. The molecule has 0 aromatic heterocycles. The van der Waals surface area contributed by atoms with Gasteiger partial charge in [-0.2, -0.15) is 0 Å². The van der Waals surface area contributed by atoms with Gasteiger partial charge in [-0.25, -0.2) is 0 Å². The van der Waals surface area contributed by atoms with Crippen molar-refractivity contribution in [3.05, 3.63) is 54.1 Å². The van der Waals surface area contributed by atoms with Crippen LogP contribution in [0.15, 0.2) is 48.5 Å². The van der Waals surface area contributed by atoms with Gasteiger partial charge in [-0.3, -0.25) is 0 Å². The molecule has 0 heterocycles. The van der Waals surface area contributed by atoms with Crippen LogP contribution in [0, 0.1) is 23.7 Å². The van der Waals surface area contributed by atoms with E-state index < -0.39 is 0 Å². The zero-order valence-electron chi connectivity index (χ0n) is 21.8. The van der Waals surface area contributed by atoms with Crippen LogP contribution in [-0.2, 0) is 0 Å². The Morgan fingerprint density at radius 2 is 1.26 bits per heavy atom. The zero-order valence-corrected chi connectivity index (χ0v) is 21.8. The smallest absolute Gasteiger partial charge is 0.119 e. The van der Waals surface area contributed by atoms with E-state index in [1.165, 1.54) is 94.6 Å². The molecule has 0 amide bonds. The van der Waals surface area contributed by atoms with E-state index in [4.69, 9.17) is 4.74 Å². The summed E-state index contributed by atoms with van der Waals surface area (Å²) >= 11 is 0. The molecule has 2 aromatic rings. The van der Waals surface area contributed by atoms with Crippen LogP contribution in [0.25, 0.3) is 11.1 Å². The molecule has 1 nitrogen and oxygen atoms in total. The summed E-state index contributed by atoms with van der Waals surface area (Å²) in [6.07, 6.45) is 18.7. The minimum Gasteiger partial charge on any atom is -0.494 e. The lowest BCUT2D eigenvalue weighted by atomic mass is 9.80. The van der Waals surface area contributed by atoms with Gasteiger partial charge in [0, 0.05) is 11.5 Å². The first-order chi connectivity index (χ1) is 16.8. The Labute approximate surface area is 209 Å². The van der Waals surface area contributed by atoms with Crippen LogP contribution >= 0.6 is 0 Å². The summed E-state index contributed by atoms with van der Waals surface area (Å²) in [5.74, 6) is 9.53. The molecule has 1 fully saturated rings. The molecule has 3 rings (SSSR count). The van der Waals surface area contributed by atoms with Gasteiger partial charge in [-0.1, -0.05) is 108 Å². The number of unbranched alkanes of at least 4 members (excludes halogenated alkanes) is 7. The van der Waals surface area contributed by atoms with E-state index >= 15 is 0 Å². The lowest BCUT2D eigenvalue weighted by molar-refractivity contribution is 0.294. The second-order valence-electron chi connectivity index (χ2n) is 10.2. The summed E-state index contributed by atoms with van der Waals surface area (Å²) < 4.78 is 5.90. The predicted molar refractivity (Wildman–Crippen MR) is 147 cm³/mol. The van der Waals surface area contributed by atoms with E-state index in [2.05, 4.69) is 74.2 Å². The summed E-state index contributed by atoms with van der Waals surface area (Å²) in [5, 5.41) is 0. The third-order valence-corrected chi connectivity index (χ3v) is 7.32. The predicted octanol–water partition coefficient (Wildman–Crippen LogP) is 9.83. The van der Waals surface area contributed by atoms with Crippen molar-refractivity contribution < 1.29 is 4.74 Å². The number of benzene rings is 2. The molecular formula is C33H46O. The standard InChI is InChI=1S/C33H46O/c1-3-5-7-9-11-27-34-33-25-23-32(24-26-33)31-21-19-30(20-22-31)18-17-29-15-13-28(14-16-29)12-10-8-6-4-2/h19-26,28-29H,3-16,27H2,1-2H3/t28-,29-. The summed E-state index contributed by atoms with van der Waals surface area (Å²) in [6.45, 7) is 5.36. The van der Waals surface area contributed by atoms with E-state index in [0.29, 0.717) is 5.92 Å². The minimum atomic E-state index is 0.589. The number of rotatable bonds is 13. The minimum absolute atomic E-state index is 0.589. The molecule has 0 saturated heterocycles. The van der Waals surface area contributed by atoms with Gasteiger partial charge in [0.25, 0.3) is 0 Å². The third kappa shape index (κ3) is 9.58. The van der Waals surface area contributed by atoms with E-state index in [-0.39, 0.29) is 0 Å². The largest absolute Gasteiger partial charge is 0.494 e. The summed E-state index contributed by atoms with van der Waals surface area (Å²) in [6, 6.07) is 17.2. The fraction of sp³-hybridized carbons (Fsp3) is 0.576. The molecule has 0 atom stereocenters. The normalized spacial score (nSPS) is 17.7. The zero-order chi connectivity index (χ0) is 23.8. The maximum Gasteiger partial charge on any atom is 0.119 e. The summed E-state index contributed by atoms with van der Waals surface area (Å²) in [5.41, 5.74) is 3.60. The van der Waals surface area contributed by atoms with Gasteiger partial charge < -0.3 is 4.74 Å². The highest BCUT2D eigenvalue weighted by Gasteiger charge is 2.19. The monoisotopic (exact) mass is 458 g/mol. The molecule has 0 N–H and O–H groups in total. The van der Waals surface area contributed by atoms with Crippen molar-refractivity contribution in [1.82, 2.24) is 0 Å². The van der Waals surface area contributed by atoms with Crippen LogP contribution in [0.5, 0.6) is 5.75 Å². The Kier molecular flexibility index (Phi) is 12.2. The SMILES string of the molecule is CCCCCCCOc1ccc(-c2ccc(C#C[C@H]3CC[C@H](CCCCCC)CC3)cc2)cc1. The van der Waals surface area contributed by atoms with Crippen molar-refractivity contribution in [2.24, 2.45) is 11.8 Å². The molecular weight excluding hydrogens is 412 g/mol. The van der Waals surface area contributed by atoms with Crippen LogP contribution in [-0.4, -0.2) is 6.61 Å². The lowest BCUT2D eigenvalue weighted by Crippen LogP contribution is -2.13.